The van der Waals surface area contributed by atoms with E-state index in [1.54, 1.807) is 18.6 Å². The van der Waals surface area contributed by atoms with Crippen molar-refractivity contribution in [3.05, 3.63) is 87.9 Å². The normalized spacial score (nSPS) is 13.0. The first-order valence-electron chi connectivity index (χ1n) is 9.72. The van der Waals surface area contributed by atoms with Crippen LogP contribution in [0.25, 0.3) is 23.7 Å². The summed E-state index contributed by atoms with van der Waals surface area (Å²) in [7, 11) is 0. The summed E-state index contributed by atoms with van der Waals surface area (Å²) >= 11 is 3.54. The van der Waals surface area contributed by atoms with Crippen molar-refractivity contribution in [3.63, 3.8) is 0 Å². The highest BCUT2D eigenvalue weighted by atomic mass is 79.9. The second-order valence-corrected chi connectivity index (χ2v) is 8.08. The molecule has 4 heterocycles. The zero-order valence-electron chi connectivity index (χ0n) is 16.5. The van der Waals surface area contributed by atoms with Gasteiger partial charge in [0, 0.05) is 36.2 Å². The van der Waals surface area contributed by atoms with Crippen LogP contribution in [-0.2, 0) is 13.1 Å². The Hall–Kier alpha value is -3.65. The third-order valence-corrected chi connectivity index (χ3v) is 5.47. The van der Waals surface area contributed by atoms with E-state index in [4.69, 9.17) is 10.7 Å². The first-order chi connectivity index (χ1) is 15.1. The van der Waals surface area contributed by atoms with Crippen LogP contribution in [0.5, 0.6) is 0 Å². The molecule has 0 saturated heterocycles. The van der Waals surface area contributed by atoms with Crippen LogP contribution < -0.4 is 10.6 Å². The second kappa shape index (κ2) is 8.23. The second-order valence-electron chi connectivity index (χ2n) is 7.16. The van der Waals surface area contributed by atoms with E-state index in [9.17, 15) is 0 Å². The largest absolute Gasteiger partial charge is 0.384 e. The molecule has 8 heteroatoms. The number of hydrogen-bond acceptors (Lipinski definition) is 7. The minimum Gasteiger partial charge on any atom is -0.384 e. The fraction of sp³-hybridized carbons (Fsp3) is 0.0870. The quantitative estimate of drug-likeness (QED) is 0.472. The van der Waals surface area contributed by atoms with Crippen molar-refractivity contribution in [3.8, 4) is 11.5 Å². The molecule has 5 rings (SSSR count). The lowest BCUT2D eigenvalue weighted by molar-refractivity contribution is 0.828. The van der Waals surface area contributed by atoms with E-state index in [0.29, 0.717) is 23.3 Å². The minimum absolute atomic E-state index is 0.482. The summed E-state index contributed by atoms with van der Waals surface area (Å²) in [5, 5.41) is 0. The predicted molar refractivity (Wildman–Crippen MR) is 125 cm³/mol. The Labute approximate surface area is 187 Å². The monoisotopic (exact) mass is 471 g/mol. The molecule has 1 aliphatic heterocycles. The first kappa shape index (κ1) is 19.3. The highest BCUT2D eigenvalue weighted by Crippen LogP contribution is 2.29. The van der Waals surface area contributed by atoms with Gasteiger partial charge in [-0.1, -0.05) is 28.1 Å². The van der Waals surface area contributed by atoms with Crippen molar-refractivity contribution in [1.82, 2.24) is 24.9 Å². The zero-order chi connectivity index (χ0) is 21.2. The van der Waals surface area contributed by atoms with Crippen LogP contribution in [0.4, 0.5) is 11.8 Å². The van der Waals surface area contributed by atoms with Gasteiger partial charge in [-0.2, -0.15) is 0 Å². The summed E-state index contributed by atoms with van der Waals surface area (Å²) in [4.78, 5) is 24.4. The Bertz CT molecular complexity index is 1290. The zero-order valence-corrected chi connectivity index (χ0v) is 18.1. The van der Waals surface area contributed by atoms with Crippen LogP contribution in [-0.4, -0.2) is 24.9 Å². The molecule has 1 aromatic carbocycles. The van der Waals surface area contributed by atoms with Gasteiger partial charge in [0.1, 0.15) is 11.5 Å². The number of rotatable bonds is 4. The number of nitrogen functional groups attached to an aromatic ring is 1. The van der Waals surface area contributed by atoms with Crippen molar-refractivity contribution in [2.45, 2.75) is 13.1 Å². The summed E-state index contributed by atoms with van der Waals surface area (Å²) in [6, 6.07) is 13.7. The van der Waals surface area contributed by atoms with Gasteiger partial charge in [0.15, 0.2) is 5.82 Å². The molecule has 4 aromatic rings. The third kappa shape index (κ3) is 4.29. The van der Waals surface area contributed by atoms with Crippen LogP contribution >= 0.6 is 15.9 Å². The number of aromatic nitrogens is 5. The molecule has 7 nitrogen and oxygen atoms in total. The number of halogens is 1. The summed E-state index contributed by atoms with van der Waals surface area (Å²) in [6.45, 7) is 1.56. The molecule has 3 aromatic heterocycles. The molecular weight excluding hydrogens is 454 g/mol. The van der Waals surface area contributed by atoms with Crippen LogP contribution in [0, 0.1) is 0 Å². The van der Waals surface area contributed by atoms with Gasteiger partial charge in [0.25, 0.3) is 0 Å². The number of nitrogens with zero attached hydrogens (tertiary/aromatic N) is 6. The molecular formula is C23H18BrN7. The Morgan fingerprint density at radius 1 is 0.839 bits per heavy atom. The maximum Gasteiger partial charge on any atom is 0.226 e. The van der Waals surface area contributed by atoms with Crippen LogP contribution in [0.2, 0.25) is 0 Å². The van der Waals surface area contributed by atoms with Gasteiger partial charge in [-0.3, -0.25) is 0 Å². The lowest BCUT2D eigenvalue weighted by Gasteiger charge is -2.15. The minimum atomic E-state index is 0.482. The molecule has 1 aliphatic rings. The smallest absolute Gasteiger partial charge is 0.226 e. The van der Waals surface area contributed by atoms with E-state index in [2.05, 4.69) is 59.0 Å². The molecule has 0 unspecified atom stereocenters. The third-order valence-electron chi connectivity index (χ3n) is 4.97. The first-order valence-corrected chi connectivity index (χ1v) is 10.5. The maximum atomic E-state index is 5.74. The van der Waals surface area contributed by atoms with E-state index in [-0.39, 0.29) is 0 Å². The molecule has 0 spiro atoms. The summed E-state index contributed by atoms with van der Waals surface area (Å²) < 4.78 is 1.08. The van der Waals surface area contributed by atoms with Crippen molar-refractivity contribution in [2.75, 3.05) is 10.6 Å². The van der Waals surface area contributed by atoms with Gasteiger partial charge < -0.3 is 10.6 Å². The number of pyridine rings is 1. The molecule has 2 N–H and O–H groups in total. The summed E-state index contributed by atoms with van der Waals surface area (Å²) in [5.41, 5.74) is 10.7. The lowest BCUT2D eigenvalue weighted by atomic mass is 10.1. The van der Waals surface area contributed by atoms with Crippen molar-refractivity contribution < 1.29 is 0 Å². The molecule has 0 saturated carbocycles. The Kier molecular flexibility index (Phi) is 5.13. The molecule has 31 heavy (non-hydrogen) atoms. The van der Waals surface area contributed by atoms with E-state index in [1.807, 2.05) is 36.4 Å². The Morgan fingerprint density at radius 2 is 1.68 bits per heavy atom. The maximum absolute atomic E-state index is 5.74. The SMILES string of the molecule is Nc1cc(/C=C/c2ccnc(-c3ccnc(N4Cc5ccc(Br)cc5C4)n3)n2)ccn1. The van der Waals surface area contributed by atoms with E-state index < -0.39 is 0 Å². The molecule has 0 fully saturated rings. The average molecular weight is 472 g/mol. The van der Waals surface area contributed by atoms with Gasteiger partial charge in [-0.15, -0.1) is 0 Å². The standard InChI is InChI=1S/C23H18BrN7/c24-18-3-2-16-13-31(14-17(16)12-18)23-28-10-7-20(30-23)22-27-9-6-19(29-22)4-1-15-5-8-26-21(25)11-15/h1-12H,13-14H2,(H2,25,26)/b4-1+. The van der Waals surface area contributed by atoms with Crippen LogP contribution in [0.1, 0.15) is 22.4 Å². The van der Waals surface area contributed by atoms with Gasteiger partial charge in [-0.25, -0.2) is 24.9 Å². The van der Waals surface area contributed by atoms with Crippen molar-refractivity contribution in [2.24, 2.45) is 0 Å². The fourth-order valence-electron chi connectivity index (χ4n) is 3.47. The van der Waals surface area contributed by atoms with E-state index >= 15 is 0 Å². The van der Waals surface area contributed by atoms with Crippen LogP contribution in [0.15, 0.2) is 65.5 Å². The number of nitrogens with two attached hydrogens (primary N) is 1. The van der Waals surface area contributed by atoms with Gasteiger partial charge in [-0.05, 0) is 59.2 Å². The van der Waals surface area contributed by atoms with Gasteiger partial charge in [0.2, 0.25) is 5.95 Å². The topological polar surface area (TPSA) is 93.7 Å². The van der Waals surface area contributed by atoms with E-state index in [1.165, 1.54) is 11.1 Å². The summed E-state index contributed by atoms with van der Waals surface area (Å²) in [6.07, 6.45) is 9.01. The molecule has 0 radical (unpaired) electrons. The van der Waals surface area contributed by atoms with Crippen molar-refractivity contribution >= 4 is 39.8 Å². The average Bonchev–Trinajstić information content (AvgIpc) is 3.21. The number of fused-ring (bicyclic) bond motifs is 1. The number of benzene rings is 1. The lowest BCUT2D eigenvalue weighted by Crippen LogP contribution is -2.17. The molecule has 0 atom stereocenters. The van der Waals surface area contributed by atoms with Gasteiger partial charge >= 0.3 is 0 Å². The Morgan fingerprint density at radius 3 is 2.58 bits per heavy atom. The fourth-order valence-corrected chi connectivity index (χ4v) is 3.88. The van der Waals surface area contributed by atoms with Gasteiger partial charge in [0.05, 0.1) is 5.69 Å². The molecule has 0 bridgehead atoms. The molecule has 0 amide bonds. The summed E-state index contributed by atoms with van der Waals surface area (Å²) in [5.74, 6) is 1.71. The Balaban J connectivity index is 1.38. The van der Waals surface area contributed by atoms with Crippen molar-refractivity contribution in [1.29, 1.82) is 0 Å². The predicted octanol–water partition coefficient (Wildman–Crippen LogP) is 4.36. The number of anilines is 2. The molecule has 0 aliphatic carbocycles. The molecule has 152 valence electrons. The highest BCUT2D eigenvalue weighted by Gasteiger charge is 2.21. The number of hydrogen-bond donors (Lipinski definition) is 1. The highest BCUT2D eigenvalue weighted by molar-refractivity contribution is 9.10. The van der Waals surface area contributed by atoms with E-state index in [0.717, 1.165) is 28.8 Å². The van der Waals surface area contributed by atoms with Crippen LogP contribution in [0.3, 0.4) is 0 Å².